The molecule has 1 aromatic carbocycles. The Bertz CT molecular complexity index is 721. The molecular weight excluding hydrogens is 254 g/mol. The molecule has 1 aliphatic rings. The number of carbonyl (C=O) groups is 1. The van der Waals surface area contributed by atoms with Crippen LogP contribution in [-0.2, 0) is 17.8 Å². The molecule has 0 bridgehead atoms. The normalized spacial score (nSPS) is 13.3. The van der Waals surface area contributed by atoms with Crippen molar-refractivity contribution in [1.29, 1.82) is 0 Å². The van der Waals surface area contributed by atoms with Gasteiger partial charge in [-0.3, -0.25) is 9.36 Å². The molecule has 2 aromatic rings. The summed E-state index contributed by atoms with van der Waals surface area (Å²) in [5.74, 6) is -0.0792. The van der Waals surface area contributed by atoms with Gasteiger partial charge in [0.05, 0.1) is 0 Å². The maximum atomic E-state index is 12.4. The van der Waals surface area contributed by atoms with Gasteiger partial charge in [-0.2, -0.15) is 0 Å². The zero-order valence-electron chi connectivity index (χ0n) is 11.2. The minimum atomic E-state index is -0.392. The van der Waals surface area contributed by atoms with Gasteiger partial charge in [-0.25, -0.2) is 9.78 Å². The number of aryl methyl sites for hydroxylation is 1. The van der Waals surface area contributed by atoms with Gasteiger partial charge in [0.2, 0.25) is 5.91 Å². The highest BCUT2D eigenvalue weighted by Crippen LogP contribution is 2.27. The molecular formula is C15H15N3O2. The SMILES string of the molecule is Cc1cnc(=O)n(CC(=O)N2CCc3ccccc32)c1. The number of rotatable bonds is 2. The lowest BCUT2D eigenvalue weighted by molar-refractivity contribution is -0.119. The second-order valence-electron chi connectivity index (χ2n) is 4.97. The fraction of sp³-hybridized carbons (Fsp3) is 0.267. The van der Waals surface area contributed by atoms with Crippen molar-refractivity contribution in [3.05, 3.63) is 58.3 Å². The number of nitrogens with zero attached hydrogens (tertiary/aromatic N) is 3. The van der Waals surface area contributed by atoms with Gasteiger partial charge in [0.15, 0.2) is 0 Å². The predicted molar refractivity (Wildman–Crippen MR) is 75.7 cm³/mol. The number of para-hydroxylation sites is 1. The van der Waals surface area contributed by atoms with Crippen LogP contribution in [-0.4, -0.2) is 22.0 Å². The zero-order chi connectivity index (χ0) is 14.1. The van der Waals surface area contributed by atoms with Gasteiger partial charge in [0.25, 0.3) is 0 Å². The molecule has 1 aliphatic heterocycles. The molecule has 1 amide bonds. The molecule has 20 heavy (non-hydrogen) atoms. The van der Waals surface area contributed by atoms with Crippen molar-refractivity contribution >= 4 is 11.6 Å². The van der Waals surface area contributed by atoms with Gasteiger partial charge < -0.3 is 4.90 Å². The van der Waals surface area contributed by atoms with E-state index in [2.05, 4.69) is 4.98 Å². The summed E-state index contributed by atoms with van der Waals surface area (Å²) >= 11 is 0. The average Bonchev–Trinajstić information content (AvgIpc) is 2.87. The third kappa shape index (κ3) is 2.22. The van der Waals surface area contributed by atoms with E-state index in [0.29, 0.717) is 6.54 Å². The lowest BCUT2D eigenvalue weighted by Crippen LogP contribution is -2.36. The monoisotopic (exact) mass is 269 g/mol. The van der Waals surface area contributed by atoms with Crippen LogP contribution in [0.3, 0.4) is 0 Å². The molecule has 0 atom stereocenters. The van der Waals surface area contributed by atoms with Crippen LogP contribution in [0.5, 0.6) is 0 Å². The van der Waals surface area contributed by atoms with E-state index < -0.39 is 5.69 Å². The highest BCUT2D eigenvalue weighted by atomic mass is 16.2. The minimum Gasteiger partial charge on any atom is -0.310 e. The molecule has 5 heteroatoms. The van der Waals surface area contributed by atoms with Crippen LogP contribution in [0.2, 0.25) is 0 Å². The summed E-state index contributed by atoms with van der Waals surface area (Å²) < 4.78 is 1.36. The Morgan fingerprint density at radius 1 is 1.35 bits per heavy atom. The molecule has 0 aliphatic carbocycles. The highest BCUT2D eigenvalue weighted by Gasteiger charge is 2.24. The van der Waals surface area contributed by atoms with Crippen LogP contribution < -0.4 is 10.6 Å². The molecule has 2 heterocycles. The smallest absolute Gasteiger partial charge is 0.310 e. The van der Waals surface area contributed by atoms with Crippen molar-refractivity contribution in [2.75, 3.05) is 11.4 Å². The number of fused-ring (bicyclic) bond motifs is 1. The Balaban J connectivity index is 1.85. The Hall–Kier alpha value is -2.43. The second-order valence-corrected chi connectivity index (χ2v) is 4.97. The van der Waals surface area contributed by atoms with E-state index in [0.717, 1.165) is 17.7 Å². The van der Waals surface area contributed by atoms with Crippen LogP contribution >= 0.6 is 0 Å². The topological polar surface area (TPSA) is 55.2 Å². The highest BCUT2D eigenvalue weighted by molar-refractivity contribution is 5.95. The van der Waals surface area contributed by atoms with E-state index in [1.807, 2.05) is 31.2 Å². The molecule has 0 N–H and O–H groups in total. The lowest BCUT2D eigenvalue weighted by atomic mass is 10.2. The van der Waals surface area contributed by atoms with E-state index in [1.165, 1.54) is 16.3 Å². The number of anilines is 1. The van der Waals surface area contributed by atoms with Crippen molar-refractivity contribution in [3.8, 4) is 0 Å². The summed E-state index contributed by atoms with van der Waals surface area (Å²) in [6, 6.07) is 7.87. The first-order valence-electron chi connectivity index (χ1n) is 6.56. The first-order valence-corrected chi connectivity index (χ1v) is 6.56. The number of hydrogen-bond donors (Lipinski definition) is 0. The Morgan fingerprint density at radius 3 is 3.00 bits per heavy atom. The van der Waals surface area contributed by atoms with E-state index >= 15 is 0 Å². The van der Waals surface area contributed by atoms with Crippen LogP contribution in [0.1, 0.15) is 11.1 Å². The quantitative estimate of drug-likeness (QED) is 0.821. The Morgan fingerprint density at radius 2 is 2.15 bits per heavy atom. The summed E-state index contributed by atoms with van der Waals surface area (Å²) in [6.45, 7) is 2.55. The number of hydrogen-bond acceptors (Lipinski definition) is 3. The largest absolute Gasteiger partial charge is 0.347 e. The fourth-order valence-corrected chi connectivity index (χ4v) is 2.51. The third-order valence-electron chi connectivity index (χ3n) is 3.48. The Labute approximate surface area is 116 Å². The lowest BCUT2D eigenvalue weighted by Gasteiger charge is -2.17. The average molecular weight is 269 g/mol. The molecule has 1 aromatic heterocycles. The van der Waals surface area contributed by atoms with Gasteiger partial charge in [0.1, 0.15) is 6.54 Å². The molecule has 0 spiro atoms. The number of benzene rings is 1. The van der Waals surface area contributed by atoms with Gasteiger partial charge in [-0.1, -0.05) is 18.2 Å². The van der Waals surface area contributed by atoms with Crippen molar-refractivity contribution in [3.63, 3.8) is 0 Å². The van der Waals surface area contributed by atoms with Crippen molar-refractivity contribution in [1.82, 2.24) is 9.55 Å². The standard InChI is InChI=1S/C15H15N3O2/c1-11-8-16-15(20)17(9-11)10-14(19)18-7-6-12-4-2-3-5-13(12)18/h2-5,8-9H,6-7,10H2,1H3. The van der Waals surface area contributed by atoms with E-state index in [1.54, 1.807) is 11.1 Å². The van der Waals surface area contributed by atoms with Crippen molar-refractivity contribution in [2.24, 2.45) is 0 Å². The third-order valence-corrected chi connectivity index (χ3v) is 3.48. The van der Waals surface area contributed by atoms with Crippen LogP contribution in [0, 0.1) is 6.92 Å². The molecule has 0 unspecified atom stereocenters. The molecule has 0 radical (unpaired) electrons. The number of amides is 1. The maximum Gasteiger partial charge on any atom is 0.347 e. The first kappa shape index (κ1) is 12.6. The zero-order valence-corrected chi connectivity index (χ0v) is 11.2. The summed E-state index contributed by atoms with van der Waals surface area (Å²) in [5, 5.41) is 0. The van der Waals surface area contributed by atoms with E-state index in [4.69, 9.17) is 0 Å². The fourth-order valence-electron chi connectivity index (χ4n) is 2.51. The van der Waals surface area contributed by atoms with Crippen LogP contribution in [0.15, 0.2) is 41.5 Å². The van der Waals surface area contributed by atoms with Crippen molar-refractivity contribution in [2.45, 2.75) is 19.9 Å². The van der Waals surface area contributed by atoms with Gasteiger partial charge in [0, 0.05) is 24.6 Å². The minimum absolute atomic E-state index is 0.0296. The van der Waals surface area contributed by atoms with Crippen molar-refractivity contribution < 1.29 is 4.79 Å². The van der Waals surface area contributed by atoms with Crippen LogP contribution in [0.25, 0.3) is 0 Å². The summed E-state index contributed by atoms with van der Waals surface area (Å²) in [6.07, 6.45) is 4.03. The maximum absolute atomic E-state index is 12.4. The molecule has 3 rings (SSSR count). The summed E-state index contributed by atoms with van der Waals surface area (Å²) in [5.41, 5.74) is 2.59. The second kappa shape index (κ2) is 4.92. The first-order chi connectivity index (χ1) is 9.65. The van der Waals surface area contributed by atoms with E-state index in [-0.39, 0.29) is 12.5 Å². The summed E-state index contributed by atoms with van der Waals surface area (Å²) in [4.78, 5) is 29.5. The molecule has 0 fully saturated rings. The molecule has 0 saturated heterocycles. The van der Waals surface area contributed by atoms with Gasteiger partial charge >= 0.3 is 5.69 Å². The number of aromatic nitrogens is 2. The molecule has 0 saturated carbocycles. The number of carbonyl (C=O) groups excluding carboxylic acids is 1. The Kier molecular flexibility index (Phi) is 3.10. The van der Waals surface area contributed by atoms with Gasteiger partial charge in [-0.15, -0.1) is 0 Å². The molecule has 102 valence electrons. The summed E-state index contributed by atoms with van der Waals surface area (Å²) in [7, 11) is 0. The van der Waals surface area contributed by atoms with Gasteiger partial charge in [-0.05, 0) is 30.5 Å². The molecule has 5 nitrogen and oxygen atoms in total. The predicted octanol–water partition coefficient (Wildman–Crippen LogP) is 1.14. The van der Waals surface area contributed by atoms with Crippen LogP contribution in [0.4, 0.5) is 5.69 Å². The van der Waals surface area contributed by atoms with E-state index in [9.17, 15) is 9.59 Å².